The first-order chi connectivity index (χ1) is 15.3. The molecule has 0 radical (unpaired) electrons. The molecule has 1 aromatic heterocycles. The number of aromatic nitrogens is 2. The molecule has 0 aromatic carbocycles. The van der Waals surface area contributed by atoms with Crippen molar-refractivity contribution in [2.45, 2.75) is 64.3 Å². The first kappa shape index (κ1) is 25.7. The van der Waals surface area contributed by atoms with Gasteiger partial charge in [-0.3, -0.25) is 14.4 Å². The van der Waals surface area contributed by atoms with Gasteiger partial charge in [-0.15, -0.1) is 0 Å². The highest BCUT2D eigenvalue weighted by Gasteiger charge is 2.33. The van der Waals surface area contributed by atoms with Gasteiger partial charge in [0.2, 0.25) is 0 Å². The summed E-state index contributed by atoms with van der Waals surface area (Å²) in [5, 5.41) is 21.8. The molecular weight excluding hydrogens is 452 g/mol. The zero-order valence-electron chi connectivity index (χ0n) is 19.9. The van der Waals surface area contributed by atoms with Crippen molar-refractivity contribution in [1.82, 2.24) is 24.3 Å². The van der Waals surface area contributed by atoms with Gasteiger partial charge in [-0.2, -0.15) is 0 Å². The number of nitro groups is 1. The summed E-state index contributed by atoms with van der Waals surface area (Å²) in [4.78, 5) is 32.7. The smallest absolute Gasteiger partial charge is 0.410 e. The van der Waals surface area contributed by atoms with E-state index >= 15 is 0 Å². The molecule has 2 aliphatic heterocycles. The number of piperazine rings is 1. The Balaban J connectivity index is 1.43. The number of β-amino-alcohol motifs (C(OH)–C–C–N with tert-alkyl or cyclic N) is 1. The zero-order chi connectivity index (χ0) is 24.4. The van der Waals surface area contributed by atoms with Gasteiger partial charge < -0.3 is 24.9 Å². The molecule has 0 bridgehead atoms. The number of likely N-dealkylation sites (tertiary alicyclic amines) is 1. The van der Waals surface area contributed by atoms with Crippen molar-refractivity contribution in [3.05, 3.63) is 21.6 Å². The Morgan fingerprint density at radius 1 is 1.18 bits per heavy atom. The molecular formula is C21H35ClN6O5. The minimum absolute atomic E-state index is 0.00971. The topological polar surface area (TPSA) is 117 Å². The van der Waals surface area contributed by atoms with Crippen molar-refractivity contribution in [1.29, 1.82) is 0 Å². The maximum absolute atomic E-state index is 12.3. The quantitative estimate of drug-likeness (QED) is 0.480. The molecule has 1 aromatic rings. The van der Waals surface area contributed by atoms with Gasteiger partial charge in [0.25, 0.3) is 0 Å². The highest BCUT2D eigenvalue weighted by molar-refractivity contribution is 6.28. The molecule has 0 aliphatic carbocycles. The van der Waals surface area contributed by atoms with Crippen LogP contribution in [0.3, 0.4) is 0 Å². The van der Waals surface area contributed by atoms with Crippen LogP contribution in [0.4, 0.5) is 10.6 Å². The summed E-state index contributed by atoms with van der Waals surface area (Å²) in [5.74, 6) is -0.331. The standard InChI is InChI=1S/C21H35ClN6O5/c1-20(2,3)33-19(29)26-7-5-16(6-8-26)25-11-9-24(10-12-25)14-21(4,30)15-27-13-17(28(31)32)23-18(27)22/h13,16,30H,5-12,14-15H2,1-4H3. The molecule has 0 saturated carbocycles. The van der Waals surface area contributed by atoms with Crippen molar-refractivity contribution in [3.8, 4) is 0 Å². The molecule has 186 valence electrons. The van der Waals surface area contributed by atoms with E-state index in [1.165, 1.54) is 10.8 Å². The molecule has 11 nitrogen and oxygen atoms in total. The Hall–Kier alpha value is -1.95. The molecule has 2 aliphatic rings. The lowest BCUT2D eigenvalue weighted by Crippen LogP contribution is -2.56. The van der Waals surface area contributed by atoms with E-state index in [1.54, 1.807) is 11.8 Å². The number of nitrogens with zero attached hydrogens (tertiary/aromatic N) is 6. The van der Waals surface area contributed by atoms with Crippen LogP contribution in [0, 0.1) is 10.1 Å². The average molecular weight is 487 g/mol. The Morgan fingerprint density at radius 3 is 2.30 bits per heavy atom. The third-order valence-corrected chi connectivity index (χ3v) is 6.32. The molecule has 2 fully saturated rings. The second-order valence-corrected chi connectivity index (χ2v) is 10.6. The number of hydrogen-bond donors (Lipinski definition) is 1. The summed E-state index contributed by atoms with van der Waals surface area (Å²) < 4.78 is 6.89. The van der Waals surface area contributed by atoms with Crippen LogP contribution < -0.4 is 0 Å². The summed E-state index contributed by atoms with van der Waals surface area (Å²) in [7, 11) is 0. The monoisotopic (exact) mass is 486 g/mol. The van der Waals surface area contributed by atoms with Crippen LogP contribution in [0.2, 0.25) is 5.28 Å². The fourth-order valence-electron chi connectivity index (χ4n) is 4.50. The summed E-state index contributed by atoms with van der Waals surface area (Å²) in [6.07, 6.45) is 2.86. The maximum Gasteiger partial charge on any atom is 0.410 e. The van der Waals surface area contributed by atoms with Crippen LogP contribution in [0.5, 0.6) is 0 Å². The van der Waals surface area contributed by atoms with E-state index in [0.29, 0.717) is 25.7 Å². The minimum Gasteiger partial charge on any atom is -0.444 e. The Kier molecular flexibility index (Phi) is 7.87. The number of amides is 1. The van der Waals surface area contributed by atoms with E-state index in [4.69, 9.17) is 16.3 Å². The third-order valence-electron chi connectivity index (χ3n) is 6.02. The molecule has 1 N–H and O–H groups in total. The number of piperidine rings is 1. The second-order valence-electron chi connectivity index (χ2n) is 10.3. The summed E-state index contributed by atoms with van der Waals surface area (Å²) in [6.45, 7) is 12.7. The van der Waals surface area contributed by atoms with Crippen molar-refractivity contribution in [2.24, 2.45) is 0 Å². The number of imidazole rings is 1. The molecule has 2 saturated heterocycles. The van der Waals surface area contributed by atoms with E-state index in [9.17, 15) is 20.0 Å². The van der Waals surface area contributed by atoms with Crippen molar-refractivity contribution in [3.63, 3.8) is 0 Å². The maximum atomic E-state index is 12.3. The van der Waals surface area contributed by atoms with Gasteiger partial charge in [-0.25, -0.2) is 4.79 Å². The first-order valence-corrected chi connectivity index (χ1v) is 11.7. The van der Waals surface area contributed by atoms with E-state index in [2.05, 4.69) is 14.8 Å². The van der Waals surface area contributed by atoms with Gasteiger partial charge in [-0.05, 0) is 62.0 Å². The van der Waals surface area contributed by atoms with E-state index in [0.717, 1.165) is 39.0 Å². The molecule has 1 amide bonds. The molecule has 3 heterocycles. The zero-order valence-corrected chi connectivity index (χ0v) is 20.6. The van der Waals surface area contributed by atoms with Crippen molar-refractivity contribution >= 4 is 23.5 Å². The Labute approximate surface area is 199 Å². The number of hydrogen-bond acceptors (Lipinski definition) is 8. The summed E-state index contributed by atoms with van der Waals surface area (Å²) >= 11 is 5.99. The SMILES string of the molecule is CC(O)(CN1CCN(C2CCN(C(=O)OC(C)(C)C)CC2)CC1)Cn1cc([N+](=O)[O-])nc1Cl. The van der Waals surface area contributed by atoms with Crippen LogP contribution in [0.15, 0.2) is 6.20 Å². The van der Waals surface area contributed by atoms with E-state index < -0.39 is 16.1 Å². The number of ether oxygens (including phenoxy) is 1. The number of carbonyl (C=O) groups is 1. The molecule has 1 unspecified atom stereocenters. The number of aliphatic hydroxyl groups is 1. The van der Waals surface area contributed by atoms with E-state index in [-0.39, 0.29) is 23.7 Å². The van der Waals surface area contributed by atoms with Gasteiger partial charge in [0.15, 0.2) is 0 Å². The van der Waals surface area contributed by atoms with E-state index in [1.807, 2.05) is 20.8 Å². The predicted octanol–water partition coefficient (Wildman–Crippen LogP) is 2.21. The van der Waals surface area contributed by atoms with Crippen LogP contribution in [0.1, 0.15) is 40.5 Å². The second kappa shape index (κ2) is 10.1. The molecule has 0 spiro atoms. The van der Waals surface area contributed by atoms with Crippen LogP contribution >= 0.6 is 11.6 Å². The van der Waals surface area contributed by atoms with Crippen LogP contribution in [-0.4, -0.2) is 103 Å². The Bertz CT molecular complexity index is 839. The van der Waals surface area contributed by atoms with Crippen LogP contribution in [0.25, 0.3) is 0 Å². The van der Waals surface area contributed by atoms with Crippen LogP contribution in [-0.2, 0) is 11.3 Å². The fraction of sp³-hybridized carbons (Fsp3) is 0.810. The summed E-state index contributed by atoms with van der Waals surface area (Å²) in [5.41, 5.74) is -1.59. The fourth-order valence-corrected chi connectivity index (χ4v) is 4.70. The molecule has 12 heteroatoms. The van der Waals surface area contributed by atoms with Gasteiger partial charge in [0.1, 0.15) is 11.8 Å². The third kappa shape index (κ3) is 7.26. The molecule has 33 heavy (non-hydrogen) atoms. The predicted molar refractivity (Wildman–Crippen MR) is 123 cm³/mol. The lowest BCUT2D eigenvalue weighted by atomic mass is 10.0. The highest BCUT2D eigenvalue weighted by atomic mass is 35.5. The first-order valence-electron chi connectivity index (χ1n) is 11.4. The Morgan fingerprint density at radius 2 is 1.79 bits per heavy atom. The van der Waals surface area contributed by atoms with Gasteiger partial charge >= 0.3 is 17.2 Å². The highest BCUT2D eigenvalue weighted by Crippen LogP contribution is 2.23. The molecule has 3 rings (SSSR count). The summed E-state index contributed by atoms with van der Waals surface area (Å²) in [6, 6.07) is 0.441. The largest absolute Gasteiger partial charge is 0.444 e. The number of rotatable bonds is 6. The minimum atomic E-state index is -1.11. The molecule has 1 atom stereocenters. The lowest BCUT2D eigenvalue weighted by molar-refractivity contribution is -0.389. The van der Waals surface area contributed by atoms with Crippen molar-refractivity contribution in [2.75, 3.05) is 45.8 Å². The van der Waals surface area contributed by atoms with Gasteiger partial charge in [0, 0.05) is 51.9 Å². The average Bonchev–Trinajstić information content (AvgIpc) is 3.07. The lowest BCUT2D eigenvalue weighted by Gasteiger charge is -2.44. The van der Waals surface area contributed by atoms with Gasteiger partial charge in [-0.1, -0.05) is 0 Å². The number of halogens is 1. The number of carbonyl (C=O) groups excluding carboxylic acids is 1. The van der Waals surface area contributed by atoms with Crippen molar-refractivity contribution < 1.29 is 19.6 Å². The normalized spacial score (nSPS) is 21.1. The van der Waals surface area contributed by atoms with Gasteiger partial charge in [0.05, 0.1) is 12.1 Å².